The van der Waals surface area contributed by atoms with Gasteiger partial charge < -0.3 is 14.4 Å². The van der Waals surface area contributed by atoms with Crippen molar-refractivity contribution in [1.82, 2.24) is 15.0 Å². The van der Waals surface area contributed by atoms with Gasteiger partial charge in [0.15, 0.2) is 0 Å². The van der Waals surface area contributed by atoms with Gasteiger partial charge in [0, 0.05) is 13.1 Å². The number of nitrogens with two attached hydrogens (primary N) is 1. The van der Waals surface area contributed by atoms with Gasteiger partial charge in [-0.15, -0.1) is 0 Å². The van der Waals surface area contributed by atoms with E-state index in [1.54, 1.807) is 0 Å². The van der Waals surface area contributed by atoms with Crippen LogP contribution in [0.2, 0.25) is 0 Å². The summed E-state index contributed by atoms with van der Waals surface area (Å²) in [6.07, 6.45) is 2.29. The van der Waals surface area contributed by atoms with Gasteiger partial charge in [-0.25, -0.2) is 5.84 Å². The SMILES string of the molecule is CC(C)(C)OCCOc1nc(NN)nc(N2CCCC2)n1. The van der Waals surface area contributed by atoms with Crippen LogP contribution in [0, 0.1) is 0 Å². The number of hydrogen-bond acceptors (Lipinski definition) is 8. The number of ether oxygens (including phenoxy) is 2. The normalized spacial score (nSPS) is 15.3. The Kier molecular flexibility index (Phi) is 5.13. The molecule has 1 aromatic rings. The summed E-state index contributed by atoms with van der Waals surface area (Å²) in [6, 6.07) is 0.261. The van der Waals surface area contributed by atoms with Gasteiger partial charge in [0.25, 0.3) is 0 Å². The molecule has 8 heteroatoms. The Balaban J connectivity index is 1.96. The van der Waals surface area contributed by atoms with Gasteiger partial charge in [-0.2, -0.15) is 15.0 Å². The van der Waals surface area contributed by atoms with Crippen LogP contribution < -0.4 is 20.9 Å². The smallest absolute Gasteiger partial charge is 0.323 e. The number of nitrogens with one attached hydrogen (secondary N) is 1. The van der Waals surface area contributed by atoms with Crippen molar-refractivity contribution >= 4 is 11.9 Å². The van der Waals surface area contributed by atoms with Crippen LogP contribution in [0.5, 0.6) is 6.01 Å². The number of hydrazine groups is 1. The number of nitrogens with zero attached hydrogens (tertiary/aromatic N) is 4. The van der Waals surface area contributed by atoms with Crippen molar-refractivity contribution in [2.45, 2.75) is 39.2 Å². The molecule has 0 aromatic carbocycles. The largest absolute Gasteiger partial charge is 0.461 e. The molecule has 1 fully saturated rings. The Morgan fingerprint density at radius 2 is 1.86 bits per heavy atom. The van der Waals surface area contributed by atoms with Crippen LogP contribution in [-0.2, 0) is 4.74 Å². The molecule has 0 radical (unpaired) electrons. The van der Waals surface area contributed by atoms with Crippen LogP contribution in [0.15, 0.2) is 0 Å². The molecule has 2 heterocycles. The number of hydrogen-bond donors (Lipinski definition) is 2. The summed E-state index contributed by atoms with van der Waals surface area (Å²) in [6.45, 7) is 8.74. The van der Waals surface area contributed by atoms with Gasteiger partial charge in [0.2, 0.25) is 11.9 Å². The molecule has 3 N–H and O–H groups in total. The lowest BCUT2D eigenvalue weighted by Crippen LogP contribution is -2.24. The number of aromatic nitrogens is 3. The fourth-order valence-electron chi connectivity index (χ4n) is 2.01. The monoisotopic (exact) mass is 296 g/mol. The second-order valence-corrected chi connectivity index (χ2v) is 5.89. The van der Waals surface area contributed by atoms with E-state index in [9.17, 15) is 0 Å². The average molecular weight is 296 g/mol. The lowest BCUT2D eigenvalue weighted by molar-refractivity contribution is -0.0173. The molecule has 0 unspecified atom stereocenters. The molecular weight excluding hydrogens is 272 g/mol. The zero-order valence-electron chi connectivity index (χ0n) is 12.9. The molecule has 2 rings (SSSR count). The number of nitrogen functional groups attached to an aromatic ring is 1. The van der Waals surface area contributed by atoms with Gasteiger partial charge in [0.1, 0.15) is 6.61 Å². The first kappa shape index (κ1) is 15.7. The summed E-state index contributed by atoms with van der Waals surface area (Å²) in [5.41, 5.74) is 2.26. The molecule has 0 bridgehead atoms. The Bertz CT molecular complexity index is 456. The van der Waals surface area contributed by atoms with Crippen LogP contribution >= 0.6 is 0 Å². The second-order valence-electron chi connectivity index (χ2n) is 5.89. The fraction of sp³-hybridized carbons (Fsp3) is 0.769. The van der Waals surface area contributed by atoms with Crippen molar-refractivity contribution in [3.63, 3.8) is 0 Å². The maximum atomic E-state index is 5.59. The summed E-state index contributed by atoms with van der Waals surface area (Å²) in [5.74, 6) is 6.30. The summed E-state index contributed by atoms with van der Waals surface area (Å²) in [7, 11) is 0. The summed E-state index contributed by atoms with van der Waals surface area (Å²) in [4.78, 5) is 14.8. The van der Waals surface area contributed by atoms with E-state index in [0.717, 1.165) is 25.9 Å². The van der Waals surface area contributed by atoms with E-state index in [0.29, 0.717) is 25.1 Å². The maximum absolute atomic E-state index is 5.59. The van der Waals surface area contributed by atoms with E-state index < -0.39 is 0 Å². The molecule has 21 heavy (non-hydrogen) atoms. The predicted octanol–water partition coefficient (Wildman–Crippen LogP) is 0.951. The molecular formula is C13H24N6O2. The van der Waals surface area contributed by atoms with Crippen LogP contribution in [0.4, 0.5) is 11.9 Å². The Morgan fingerprint density at radius 3 is 2.48 bits per heavy atom. The highest BCUT2D eigenvalue weighted by Crippen LogP contribution is 2.19. The van der Waals surface area contributed by atoms with Crippen LogP contribution in [-0.4, -0.2) is 46.9 Å². The molecule has 0 aliphatic carbocycles. The van der Waals surface area contributed by atoms with Gasteiger partial charge in [-0.3, -0.25) is 5.43 Å². The van der Waals surface area contributed by atoms with Gasteiger partial charge in [-0.1, -0.05) is 0 Å². The van der Waals surface area contributed by atoms with E-state index in [4.69, 9.17) is 15.3 Å². The third-order valence-electron chi connectivity index (χ3n) is 2.97. The fourth-order valence-corrected chi connectivity index (χ4v) is 2.01. The molecule has 1 aliphatic heterocycles. The molecule has 1 saturated heterocycles. The maximum Gasteiger partial charge on any atom is 0.323 e. The second kappa shape index (κ2) is 6.86. The summed E-state index contributed by atoms with van der Waals surface area (Å²) < 4.78 is 11.1. The van der Waals surface area contributed by atoms with E-state index in [-0.39, 0.29) is 11.6 Å². The lowest BCUT2D eigenvalue weighted by Gasteiger charge is -2.19. The zero-order chi connectivity index (χ0) is 15.3. The Morgan fingerprint density at radius 1 is 1.14 bits per heavy atom. The average Bonchev–Trinajstić information content (AvgIpc) is 2.96. The molecule has 118 valence electrons. The minimum Gasteiger partial charge on any atom is -0.461 e. The van der Waals surface area contributed by atoms with Crippen LogP contribution in [0.3, 0.4) is 0 Å². The first-order chi connectivity index (χ1) is 9.98. The van der Waals surface area contributed by atoms with Gasteiger partial charge >= 0.3 is 6.01 Å². The molecule has 8 nitrogen and oxygen atoms in total. The first-order valence-corrected chi connectivity index (χ1v) is 7.22. The molecule has 1 aliphatic rings. The highest BCUT2D eigenvalue weighted by molar-refractivity contribution is 5.38. The van der Waals surface area contributed by atoms with E-state index in [1.807, 2.05) is 20.8 Å². The third kappa shape index (κ3) is 4.98. The van der Waals surface area contributed by atoms with Crippen molar-refractivity contribution in [2.24, 2.45) is 5.84 Å². The zero-order valence-corrected chi connectivity index (χ0v) is 12.9. The lowest BCUT2D eigenvalue weighted by atomic mass is 10.2. The van der Waals surface area contributed by atoms with Crippen molar-refractivity contribution in [1.29, 1.82) is 0 Å². The standard InChI is InChI=1S/C13H24N6O2/c1-13(2,3)21-9-8-20-12-16-10(18-14)15-11(17-12)19-6-4-5-7-19/h4-9,14H2,1-3H3,(H,15,16,17,18). The minimum absolute atomic E-state index is 0.187. The summed E-state index contributed by atoms with van der Waals surface area (Å²) in [5, 5.41) is 0. The van der Waals surface area contributed by atoms with E-state index >= 15 is 0 Å². The first-order valence-electron chi connectivity index (χ1n) is 7.22. The topological polar surface area (TPSA) is 98.4 Å². The van der Waals surface area contributed by atoms with E-state index in [2.05, 4.69) is 25.3 Å². The molecule has 0 atom stereocenters. The van der Waals surface area contributed by atoms with E-state index in [1.165, 1.54) is 0 Å². The predicted molar refractivity (Wildman–Crippen MR) is 80.3 cm³/mol. The van der Waals surface area contributed by atoms with Crippen molar-refractivity contribution < 1.29 is 9.47 Å². The molecule has 0 spiro atoms. The molecule has 0 amide bonds. The highest BCUT2D eigenvalue weighted by atomic mass is 16.5. The quantitative estimate of drug-likeness (QED) is 0.455. The highest BCUT2D eigenvalue weighted by Gasteiger charge is 2.18. The third-order valence-corrected chi connectivity index (χ3v) is 2.97. The molecule has 0 saturated carbocycles. The minimum atomic E-state index is -0.187. The van der Waals surface area contributed by atoms with Crippen molar-refractivity contribution in [3.05, 3.63) is 0 Å². The van der Waals surface area contributed by atoms with Crippen LogP contribution in [0.1, 0.15) is 33.6 Å². The van der Waals surface area contributed by atoms with Crippen molar-refractivity contribution in [2.75, 3.05) is 36.6 Å². The van der Waals surface area contributed by atoms with Gasteiger partial charge in [0.05, 0.1) is 12.2 Å². The Labute approximate surface area is 125 Å². The number of anilines is 2. The van der Waals surface area contributed by atoms with Crippen LogP contribution in [0.25, 0.3) is 0 Å². The van der Waals surface area contributed by atoms with Crippen molar-refractivity contribution in [3.8, 4) is 6.01 Å². The van der Waals surface area contributed by atoms with Gasteiger partial charge in [-0.05, 0) is 33.6 Å². The Hall–Kier alpha value is -1.67. The number of rotatable bonds is 6. The molecule has 1 aromatic heterocycles. The summed E-state index contributed by atoms with van der Waals surface area (Å²) >= 11 is 0.